The lowest BCUT2D eigenvalue weighted by atomic mass is 10.0. The maximum absolute atomic E-state index is 15.0. The van der Waals surface area contributed by atoms with E-state index in [9.17, 15) is 34.8 Å². The van der Waals surface area contributed by atoms with Crippen molar-refractivity contribution >= 4 is 43.1 Å². The third-order valence-electron chi connectivity index (χ3n) is 5.64. The monoisotopic (exact) mass is 589 g/mol. The fraction of sp³-hybridized carbons (Fsp3) is 0.240. The van der Waals surface area contributed by atoms with Crippen LogP contribution in [-0.4, -0.2) is 35.7 Å². The van der Waals surface area contributed by atoms with Crippen LogP contribution in [0.25, 0.3) is 0 Å². The summed E-state index contributed by atoms with van der Waals surface area (Å²) in [5.74, 6) is -4.90. The van der Waals surface area contributed by atoms with Gasteiger partial charge < -0.3 is 4.74 Å². The second-order valence-corrected chi connectivity index (χ2v) is 12.7. The maximum atomic E-state index is 15.0. The van der Waals surface area contributed by atoms with Gasteiger partial charge in [0.15, 0.2) is 9.84 Å². The molecule has 3 aromatic carbocycles. The summed E-state index contributed by atoms with van der Waals surface area (Å²) in [6, 6.07) is 8.96. The molecule has 0 saturated carbocycles. The number of methoxy groups -OCH3 is 1. The molecule has 0 unspecified atom stereocenters. The highest BCUT2D eigenvalue weighted by Gasteiger charge is 2.34. The Morgan fingerprint density at radius 3 is 2.18 bits per heavy atom. The number of nitrogens with zero attached hydrogens (tertiary/aromatic N) is 1. The molecule has 13 heteroatoms. The molecule has 0 aliphatic rings. The number of esters is 1. The van der Waals surface area contributed by atoms with Crippen LogP contribution < -0.4 is 4.31 Å². The molecule has 0 saturated heterocycles. The van der Waals surface area contributed by atoms with E-state index in [1.165, 1.54) is 37.3 Å². The molecule has 1 atom stereocenters. The third-order valence-corrected chi connectivity index (χ3v) is 9.37. The Morgan fingerprint density at radius 1 is 0.947 bits per heavy atom. The average molecular weight is 590 g/mol. The van der Waals surface area contributed by atoms with Crippen LogP contribution in [0.1, 0.15) is 30.5 Å². The highest BCUT2D eigenvalue weighted by atomic mass is 35.5. The molecule has 0 heterocycles. The summed E-state index contributed by atoms with van der Waals surface area (Å²) >= 11 is 5.88. The summed E-state index contributed by atoms with van der Waals surface area (Å²) in [5, 5.41) is 0.235. The van der Waals surface area contributed by atoms with Gasteiger partial charge in [0.2, 0.25) is 0 Å². The molecule has 0 bridgehead atoms. The molecule has 3 rings (SSSR count). The van der Waals surface area contributed by atoms with Crippen molar-refractivity contribution in [2.45, 2.75) is 30.0 Å². The zero-order chi connectivity index (χ0) is 28.3. The van der Waals surface area contributed by atoms with E-state index in [0.29, 0.717) is 10.4 Å². The predicted molar refractivity (Wildman–Crippen MR) is 136 cm³/mol. The first-order valence-corrected chi connectivity index (χ1v) is 14.7. The van der Waals surface area contributed by atoms with Crippen LogP contribution in [0.15, 0.2) is 65.6 Å². The van der Waals surface area contributed by atoms with Crippen molar-refractivity contribution in [1.29, 1.82) is 0 Å². The molecule has 0 aliphatic carbocycles. The largest absolute Gasteiger partial charge is 0.469 e. The zero-order valence-corrected chi connectivity index (χ0v) is 22.6. The van der Waals surface area contributed by atoms with Crippen molar-refractivity contribution in [1.82, 2.24) is 0 Å². The molecule has 0 aromatic heterocycles. The minimum absolute atomic E-state index is 0.0224. The highest BCUT2D eigenvalue weighted by Crippen LogP contribution is 2.37. The smallest absolute Gasteiger partial charge is 0.306 e. The van der Waals surface area contributed by atoms with E-state index >= 15 is 0 Å². The second kappa shape index (κ2) is 11.7. The molecular formula is C25H23ClF3NO6S2. The quantitative estimate of drug-likeness (QED) is 0.302. The number of rotatable bonds is 10. The lowest BCUT2D eigenvalue weighted by Gasteiger charge is -2.32. The van der Waals surface area contributed by atoms with Crippen LogP contribution in [-0.2, 0) is 35.1 Å². The molecule has 0 N–H and O–H groups in total. The average Bonchev–Trinajstić information content (AvgIpc) is 2.84. The highest BCUT2D eigenvalue weighted by molar-refractivity contribution is 7.92. The van der Waals surface area contributed by atoms with Crippen LogP contribution in [0.5, 0.6) is 0 Å². The number of benzene rings is 3. The summed E-state index contributed by atoms with van der Waals surface area (Å²) in [7, 11) is -7.48. The first-order valence-electron chi connectivity index (χ1n) is 11.1. The number of carbonyl (C=O) groups is 1. The number of anilines is 1. The molecule has 0 amide bonds. The van der Waals surface area contributed by atoms with E-state index in [-0.39, 0.29) is 21.0 Å². The van der Waals surface area contributed by atoms with Crippen LogP contribution >= 0.6 is 11.6 Å². The minimum Gasteiger partial charge on any atom is -0.469 e. The van der Waals surface area contributed by atoms with E-state index in [1.807, 2.05) is 0 Å². The molecule has 0 radical (unpaired) electrons. The Labute approximate surface area is 223 Å². The summed E-state index contributed by atoms with van der Waals surface area (Å²) in [6.07, 6.45) is -0.440. The number of ether oxygens (including phenoxy) is 1. The van der Waals surface area contributed by atoms with Gasteiger partial charge in [0.05, 0.1) is 41.7 Å². The summed E-state index contributed by atoms with van der Waals surface area (Å²) < 4.78 is 101. The van der Waals surface area contributed by atoms with Crippen molar-refractivity contribution in [3.05, 3.63) is 94.3 Å². The van der Waals surface area contributed by atoms with E-state index in [2.05, 4.69) is 4.74 Å². The molecule has 7 nitrogen and oxygen atoms in total. The van der Waals surface area contributed by atoms with Gasteiger partial charge in [0.25, 0.3) is 10.0 Å². The fourth-order valence-corrected chi connectivity index (χ4v) is 6.91. The first-order chi connectivity index (χ1) is 17.7. The third kappa shape index (κ3) is 6.86. The van der Waals surface area contributed by atoms with Gasteiger partial charge in [0.1, 0.15) is 17.5 Å². The van der Waals surface area contributed by atoms with Crippen molar-refractivity contribution < 1.29 is 39.5 Å². The second-order valence-electron chi connectivity index (χ2n) is 8.29. The van der Waals surface area contributed by atoms with Crippen LogP contribution in [0.2, 0.25) is 5.02 Å². The van der Waals surface area contributed by atoms with Crippen LogP contribution in [0, 0.1) is 17.5 Å². The topological polar surface area (TPSA) is 97.8 Å². The van der Waals surface area contributed by atoms with Gasteiger partial charge in [-0.15, -0.1) is 0 Å². The van der Waals surface area contributed by atoms with Gasteiger partial charge in [-0.2, -0.15) is 0 Å². The van der Waals surface area contributed by atoms with Crippen molar-refractivity contribution in [3.63, 3.8) is 0 Å². The zero-order valence-electron chi connectivity index (χ0n) is 20.2. The lowest BCUT2D eigenvalue weighted by Crippen LogP contribution is -2.35. The lowest BCUT2D eigenvalue weighted by molar-refractivity contribution is -0.140. The summed E-state index contributed by atoms with van der Waals surface area (Å²) in [4.78, 5) is 11.1. The van der Waals surface area contributed by atoms with Gasteiger partial charge >= 0.3 is 5.97 Å². The number of sulfone groups is 1. The van der Waals surface area contributed by atoms with Gasteiger partial charge in [-0.1, -0.05) is 17.7 Å². The normalized spacial score (nSPS) is 12.7. The molecular weight excluding hydrogens is 567 g/mol. The molecule has 0 aliphatic heterocycles. The number of hydrogen-bond acceptors (Lipinski definition) is 6. The number of carbonyl (C=O) groups excluding carboxylic acids is 1. The molecule has 38 heavy (non-hydrogen) atoms. The Balaban J connectivity index is 2.16. The number of sulfonamides is 1. The van der Waals surface area contributed by atoms with E-state index in [4.69, 9.17) is 11.6 Å². The van der Waals surface area contributed by atoms with Crippen molar-refractivity contribution in [2.75, 3.05) is 17.2 Å². The van der Waals surface area contributed by atoms with Gasteiger partial charge in [-0.25, -0.2) is 30.0 Å². The molecule has 0 fully saturated rings. The Bertz CT molecular complexity index is 1550. The first kappa shape index (κ1) is 29.5. The van der Waals surface area contributed by atoms with Crippen LogP contribution in [0.4, 0.5) is 18.9 Å². The van der Waals surface area contributed by atoms with E-state index < -0.39 is 72.9 Å². The van der Waals surface area contributed by atoms with Crippen molar-refractivity contribution in [3.8, 4) is 0 Å². The Hall–Kier alpha value is -3.09. The molecule has 204 valence electrons. The number of hydrogen-bond donors (Lipinski definition) is 0. The van der Waals surface area contributed by atoms with E-state index in [0.717, 1.165) is 31.4 Å². The van der Waals surface area contributed by atoms with Gasteiger partial charge in [0, 0.05) is 11.1 Å². The minimum atomic E-state index is -4.59. The Kier molecular flexibility index (Phi) is 9.11. The van der Waals surface area contributed by atoms with E-state index in [1.54, 1.807) is 0 Å². The molecule has 3 aromatic rings. The SMILES string of the molecule is COC(=O)CCS(=O)(=O)Cc1cc(F)ccc1[C@@H](C)N(c1cc(F)ccc1F)S(=O)(=O)c1ccc(Cl)cc1. The maximum Gasteiger partial charge on any atom is 0.306 e. The van der Waals surface area contributed by atoms with Gasteiger partial charge in [-0.05, 0) is 66.6 Å². The summed E-state index contributed by atoms with van der Waals surface area (Å²) in [6.45, 7) is 1.33. The van der Waals surface area contributed by atoms with Gasteiger partial charge in [-0.3, -0.25) is 9.10 Å². The standard InChI is InChI=1S/C25H23ClF3NO6S2/c1-16(22-9-5-19(27)13-17(22)15-37(32,33)12-11-25(31)36-2)30(24-14-20(28)6-10-23(24)29)38(34,35)21-7-3-18(26)4-8-21/h3-10,13-14,16H,11-12,15H2,1-2H3/t16-/m1/s1. The molecule has 0 spiro atoms. The summed E-state index contributed by atoms with van der Waals surface area (Å²) in [5.41, 5.74) is -0.735. The fourth-order valence-electron chi connectivity index (χ4n) is 3.80. The van der Waals surface area contributed by atoms with Crippen molar-refractivity contribution in [2.24, 2.45) is 0 Å². The predicted octanol–water partition coefficient (Wildman–Crippen LogP) is 5.19. The Morgan fingerprint density at radius 2 is 1.55 bits per heavy atom. The van der Waals surface area contributed by atoms with Crippen LogP contribution in [0.3, 0.4) is 0 Å². The number of halogens is 4.